The third kappa shape index (κ3) is 1.99. The molecule has 2 heteroatoms. The molecule has 0 heterocycles. The van der Waals surface area contributed by atoms with Gasteiger partial charge in [-0.1, -0.05) is 19.1 Å². The van der Waals surface area contributed by atoms with Crippen molar-refractivity contribution >= 4 is 5.78 Å². The monoisotopic (exact) mass is 243 g/mol. The van der Waals surface area contributed by atoms with Crippen LogP contribution in [-0.2, 0) is 19.3 Å². The number of benzene rings is 1. The van der Waals surface area contributed by atoms with E-state index in [0.29, 0.717) is 11.8 Å². The molecule has 0 saturated carbocycles. The smallest absolute Gasteiger partial charge is 0.163 e. The van der Waals surface area contributed by atoms with Gasteiger partial charge in [0.15, 0.2) is 5.78 Å². The fourth-order valence-electron chi connectivity index (χ4n) is 3.35. The zero-order valence-corrected chi connectivity index (χ0v) is 11.1. The molecule has 0 amide bonds. The largest absolute Gasteiger partial charge is 0.314 e. The molecule has 18 heavy (non-hydrogen) atoms. The van der Waals surface area contributed by atoms with Gasteiger partial charge in [0.1, 0.15) is 0 Å². The molecule has 0 aromatic heterocycles. The molecule has 1 aromatic rings. The number of aryl methyl sites for hydroxylation is 1. The zero-order chi connectivity index (χ0) is 12.5. The molecule has 2 aliphatic rings. The number of carbonyl (C=O) groups is 1. The number of carbonyl (C=O) groups excluding carboxylic acids is 1. The number of fused-ring (bicyclic) bond motifs is 3. The highest BCUT2D eigenvalue weighted by atomic mass is 16.1. The van der Waals surface area contributed by atoms with Crippen LogP contribution in [0, 0.1) is 0 Å². The lowest BCUT2D eigenvalue weighted by atomic mass is 9.84. The molecule has 2 aliphatic carbocycles. The van der Waals surface area contributed by atoms with E-state index < -0.39 is 0 Å². The van der Waals surface area contributed by atoms with Crippen LogP contribution in [0.2, 0.25) is 0 Å². The Bertz CT molecular complexity index is 478. The van der Waals surface area contributed by atoms with E-state index in [1.807, 2.05) is 0 Å². The summed E-state index contributed by atoms with van der Waals surface area (Å²) in [6.07, 6.45) is 6.21. The number of hydrogen-bond donors (Lipinski definition) is 1. The quantitative estimate of drug-likeness (QED) is 0.884. The molecular weight excluding hydrogens is 222 g/mol. The van der Waals surface area contributed by atoms with Gasteiger partial charge < -0.3 is 5.32 Å². The summed E-state index contributed by atoms with van der Waals surface area (Å²) in [5.74, 6) is 0.377. The Morgan fingerprint density at radius 3 is 2.89 bits per heavy atom. The second kappa shape index (κ2) is 4.85. The lowest BCUT2D eigenvalue weighted by molar-refractivity contribution is 0.0993. The summed E-state index contributed by atoms with van der Waals surface area (Å²) in [6, 6.07) is 5.04. The number of Topliss-reactive ketones (excluding diaryl/α,β-unsaturated/α-hetero) is 1. The first kappa shape index (κ1) is 11.9. The van der Waals surface area contributed by atoms with Crippen LogP contribution in [0.1, 0.15) is 53.2 Å². The van der Waals surface area contributed by atoms with Crippen LogP contribution in [0.4, 0.5) is 0 Å². The van der Waals surface area contributed by atoms with Gasteiger partial charge in [-0.3, -0.25) is 4.79 Å². The van der Waals surface area contributed by atoms with E-state index >= 15 is 0 Å². The molecule has 1 aromatic carbocycles. The minimum Gasteiger partial charge on any atom is -0.314 e. The van der Waals surface area contributed by atoms with Crippen LogP contribution >= 0.6 is 0 Å². The van der Waals surface area contributed by atoms with Crippen molar-refractivity contribution in [1.29, 1.82) is 0 Å². The Balaban J connectivity index is 1.86. The summed E-state index contributed by atoms with van der Waals surface area (Å²) in [5.41, 5.74) is 5.15. The fraction of sp³-hybridized carbons (Fsp3) is 0.562. The highest BCUT2D eigenvalue weighted by Gasteiger charge is 2.28. The normalized spacial score (nSPS) is 21.8. The van der Waals surface area contributed by atoms with Gasteiger partial charge in [0.25, 0.3) is 0 Å². The third-order valence-electron chi connectivity index (χ3n) is 4.29. The number of nitrogens with one attached hydrogen (secondary N) is 1. The Kier molecular flexibility index (Phi) is 3.21. The van der Waals surface area contributed by atoms with Crippen molar-refractivity contribution in [1.82, 2.24) is 5.32 Å². The van der Waals surface area contributed by atoms with E-state index in [9.17, 15) is 4.79 Å². The van der Waals surface area contributed by atoms with Crippen molar-refractivity contribution in [3.05, 3.63) is 34.4 Å². The van der Waals surface area contributed by atoms with Crippen LogP contribution in [0.5, 0.6) is 0 Å². The van der Waals surface area contributed by atoms with Crippen LogP contribution in [0.25, 0.3) is 0 Å². The summed E-state index contributed by atoms with van der Waals surface area (Å²) < 4.78 is 0. The average molecular weight is 243 g/mol. The molecular formula is C16H21NO. The predicted octanol–water partition coefficient (Wildman–Crippen LogP) is 2.67. The summed E-state index contributed by atoms with van der Waals surface area (Å²) in [4.78, 5) is 12.0. The van der Waals surface area contributed by atoms with E-state index in [-0.39, 0.29) is 0 Å². The van der Waals surface area contributed by atoms with Gasteiger partial charge in [-0.15, -0.1) is 0 Å². The molecule has 2 nitrogen and oxygen atoms in total. The molecule has 96 valence electrons. The molecule has 0 radical (unpaired) electrons. The standard InChI is InChI=1S/C16H21NO/c1-2-9-17-13-6-7-14-12(10-13)4-3-11-5-8-15(18)16(11)14/h3-4,13,17H,2,5-10H2,1H3. The van der Waals surface area contributed by atoms with Gasteiger partial charge in [-0.05, 0) is 55.3 Å². The summed E-state index contributed by atoms with van der Waals surface area (Å²) >= 11 is 0. The SMILES string of the molecule is CCCNC1CCc2c(ccc3c2C(=O)CC3)C1. The molecule has 0 fully saturated rings. The molecule has 1 N–H and O–H groups in total. The maximum absolute atomic E-state index is 12.0. The topological polar surface area (TPSA) is 29.1 Å². The first-order valence-corrected chi connectivity index (χ1v) is 7.19. The molecule has 1 unspecified atom stereocenters. The molecule has 0 aliphatic heterocycles. The molecule has 0 bridgehead atoms. The predicted molar refractivity (Wildman–Crippen MR) is 73.2 cm³/mol. The lowest BCUT2D eigenvalue weighted by Gasteiger charge is -2.27. The molecule has 0 spiro atoms. The Hall–Kier alpha value is -1.15. The van der Waals surface area contributed by atoms with Gasteiger partial charge in [-0.2, -0.15) is 0 Å². The van der Waals surface area contributed by atoms with Gasteiger partial charge in [0.2, 0.25) is 0 Å². The van der Waals surface area contributed by atoms with Gasteiger partial charge >= 0.3 is 0 Å². The highest BCUT2D eigenvalue weighted by molar-refractivity contribution is 6.02. The van der Waals surface area contributed by atoms with Crippen molar-refractivity contribution < 1.29 is 4.79 Å². The van der Waals surface area contributed by atoms with Crippen LogP contribution < -0.4 is 5.32 Å². The number of rotatable bonds is 3. The minimum absolute atomic E-state index is 0.377. The van der Waals surface area contributed by atoms with Crippen LogP contribution in [0.15, 0.2) is 12.1 Å². The second-order valence-electron chi connectivity index (χ2n) is 5.55. The van der Waals surface area contributed by atoms with E-state index in [4.69, 9.17) is 0 Å². The summed E-state index contributed by atoms with van der Waals surface area (Å²) in [5, 5.41) is 3.61. The van der Waals surface area contributed by atoms with Crippen LogP contribution in [0.3, 0.4) is 0 Å². The fourth-order valence-corrected chi connectivity index (χ4v) is 3.35. The van der Waals surface area contributed by atoms with Crippen molar-refractivity contribution in [2.24, 2.45) is 0 Å². The van der Waals surface area contributed by atoms with Gasteiger partial charge in [-0.25, -0.2) is 0 Å². The van der Waals surface area contributed by atoms with Crippen molar-refractivity contribution in [3.8, 4) is 0 Å². The number of hydrogen-bond acceptors (Lipinski definition) is 2. The lowest BCUT2D eigenvalue weighted by Crippen LogP contribution is -2.35. The van der Waals surface area contributed by atoms with E-state index in [1.54, 1.807) is 0 Å². The number of ketones is 1. The maximum Gasteiger partial charge on any atom is 0.163 e. The van der Waals surface area contributed by atoms with E-state index in [1.165, 1.54) is 29.5 Å². The molecule has 3 rings (SSSR count). The van der Waals surface area contributed by atoms with Crippen molar-refractivity contribution in [2.45, 2.75) is 51.5 Å². The van der Waals surface area contributed by atoms with Crippen molar-refractivity contribution in [3.63, 3.8) is 0 Å². The van der Waals surface area contributed by atoms with E-state index in [0.717, 1.165) is 37.8 Å². The third-order valence-corrected chi connectivity index (χ3v) is 4.29. The van der Waals surface area contributed by atoms with Crippen LogP contribution in [-0.4, -0.2) is 18.4 Å². The highest BCUT2D eigenvalue weighted by Crippen LogP contribution is 2.32. The zero-order valence-electron chi connectivity index (χ0n) is 11.1. The first-order chi connectivity index (χ1) is 8.79. The Morgan fingerprint density at radius 2 is 2.06 bits per heavy atom. The van der Waals surface area contributed by atoms with Crippen molar-refractivity contribution in [2.75, 3.05) is 6.54 Å². The average Bonchev–Trinajstić information content (AvgIpc) is 2.78. The van der Waals surface area contributed by atoms with Gasteiger partial charge in [0.05, 0.1) is 0 Å². The minimum atomic E-state index is 0.377. The van der Waals surface area contributed by atoms with E-state index in [2.05, 4.69) is 24.4 Å². The summed E-state index contributed by atoms with van der Waals surface area (Å²) in [7, 11) is 0. The first-order valence-electron chi connectivity index (χ1n) is 7.19. The second-order valence-corrected chi connectivity index (χ2v) is 5.55. The molecule has 1 atom stereocenters. The Labute approximate surface area is 109 Å². The molecule has 0 saturated heterocycles. The maximum atomic E-state index is 12.0. The summed E-state index contributed by atoms with van der Waals surface area (Å²) in [6.45, 7) is 3.30. The Morgan fingerprint density at radius 1 is 1.22 bits per heavy atom. The van der Waals surface area contributed by atoms with Gasteiger partial charge in [0, 0.05) is 18.0 Å².